The summed E-state index contributed by atoms with van der Waals surface area (Å²) in [5.41, 5.74) is 5.74. The van der Waals surface area contributed by atoms with Gasteiger partial charge in [0.15, 0.2) is 0 Å². The lowest BCUT2D eigenvalue weighted by atomic mass is 10.0. The van der Waals surface area contributed by atoms with Gasteiger partial charge < -0.3 is 10.5 Å². The fraction of sp³-hybridized carbons (Fsp3) is 0.923. The lowest BCUT2D eigenvalue weighted by Crippen LogP contribution is -2.33. The summed E-state index contributed by atoms with van der Waals surface area (Å²) in [7, 11) is 0. The Morgan fingerprint density at radius 3 is 2.59 bits per heavy atom. The zero-order valence-electron chi connectivity index (χ0n) is 11.4. The third kappa shape index (κ3) is 8.50. The van der Waals surface area contributed by atoms with E-state index in [1.165, 1.54) is 12.8 Å². The summed E-state index contributed by atoms with van der Waals surface area (Å²) in [6.45, 7) is 4.85. The quantitative estimate of drug-likeness (QED) is 0.614. The Kier molecular flexibility index (Phi) is 10.8. The van der Waals surface area contributed by atoms with Crippen LogP contribution in [0, 0.1) is 5.92 Å². The van der Waals surface area contributed by atoms with Crippen molar-refractivity contribution in [1.29, 1.82) is 0 Å². The normalized spacial score (nSPS) is 14.4. The number of thioether (sulfide) groups is 1. The molecule has 0 heterocycles. The molecule has 0 rings (SSSR count). The van der Waals surface area contributed by atoms with Gasteiger partial charge in [0.2, 0.25) is 0 Å². The number of ether oxygens (including phenoxy) is 1. The van der Waals surface area contributed by atoms with Gasteiger partial charge in [0.1, 0.15) is 6.04 Å². The molecule has 4 heteroatoms. The number of carbonyl (C=O) groups excluding carboxylic acids is 1. The van der Waals surface area contributed by atoms with Gasteiger partial charge in [-0.05, 0) is 30.8 Å². The second-order valence-corrected chi connectivity index (χ2v) is 5.42. The molecule has 0 saturated heterocycles. The van der Waals surface area contributed by atoms with E-state index in [0.29, 0.717) is 18.9 Å². The monoisotopic (exact) mass is 261 g/mol. The number of esters is 1. The SMILES string of the molecule is CCCCC(CC)COC(=O)[C@H](N)CCSC. The smallest absolute Gasteiger partial charge is 0.322 e. The topological polar surface area (TPSA) is 52.3 Å². The van der Waals surface area contributed by atoms with Gasteiger partial charge in [0.05, 0.1) is 6.61 Å². The van der Waals surface area contributed by atoms with E-state index in [0.717, 1.165) is 18.6 Å². The molecule has 102 valence electrons. The van der Waals surface area contributed by atoms with Crippen LogP contribution in [-0.2, 0) is 9.53 Å². The van der Waals surface area contributed by atoms with Crippen LogP contribution in [0.25, 0.3) is 0 Å². The minimum absolute atomic E-state index is 0.242. The van der Waals surface area contributed by atoms with Gasteiger partial charge in [0, 0.05) is 0 Å². The molecule has 0 aromatic rings. The van der Waals surface area contributed by atoms with Crippen molar-refractivity contribution in [3.05, 3.63) is 0 Å². The fourth-order valence-electron chi connectivity index (χ4n) is 1.57. The zero-order chi connectivity index (χ0) is 13.1. The standard InChI is InChI=1S/C13H27NO2S/c1-4-6-7-11(5-2)10-16-13(15)12(14)8-9-17-3/h11-12H,4-10,14H2,1-3H3/t11?,12-/m1/s1. The van der Waals surface area contributed by atoms with Crippen LogP contribution >= 0.6 is 11.8 Å². The third-order valence-electron chi connectivity index (χ3n) is 2.94. The molecule has 0 aromatic heterocycles. The highest BCUT2D eigenvalue weighted by Crippen LogP contribution is 2.13. The van der Waals surface area contributed by atoms with Crippen LogP contribution in [0.15, 0.2) is 0 Å². The molecule has 0 bridgehead atoms. The molecule has 0 aromatic carbocycles. The lowest BCUT2D eigenvalue weighted by Gasteiger charge is -2.16. The summed E-state index contributed by atoms with van der Waals surface area (Å²) in [6, 6.07) is -0.453. The molecule has 3 nitrogen and oxygen atoms in total. The molecule has 0 aliphatic heterocycles. The van der Waals surface area contributed by atoms with Crippen LogP contribution in [-0.4, -0.2) is 30.6 Å². The first-order valence-electron chi connectivity index (χ1n) is 6.56. The molecule has 0 fully saturated rings. The summed E-state index contributed by atoms with van der Waals surface area (Å²) < 4.78 is 5.28. The highest BCUT2D eigenvalue weighted by atomic mass is 32.2. The number of rotatable bonds is 10. The molecule has 0 spiro atoms. The molecular weight excluding hydrogens is 234 g/mol. The Balaban J connectivity index is 3.78. The predicted octanol–water partition coefficient (Wildman–Crippen LogP) is 2.83. The maximum Gasteiger partial charge on any atom is 0.322 e. The summed E-state index contributed by atoms with van der Waals surface area (Å²) in [4.78, 5) is 11.6. The Bertz CT molecular complexity index is 200. The maximum atomic E-state index is 11.6. The molecule has 17 heavy (non-hydrogen) atoms. The Labute approximate surface area is 110 Å². The average molecular weight is 261 g/mol. The van der Waals surface area contributed by atoms with E-state index in [-0.39, 0.29) is 5.97 Å². The van der Waals surface area contributed by atoms with E-state index < -0.39 is 6.04 Å². The van der Waals surface area contributed by atoms with Crippen molar-refractivity contribution < 1.29 is 9.53 Å². The second-order valence-electron chi connectivity index (χ2n) is 4.43. The molecule has 0 aliphatic carbocycles. The average Bonchev–Trinajstić information content (AvgIpc) is 2.35. The van der Waals surface area contributed by atoms with Crippen molar-refractivity contribution in [3.8, 4) is 0 Å². The van der Waals surface area contributed by atoms with E-state index in [9.17, 15) is 4.79 Å². The third-order valence-corrected chi connectivity index (χ3v) is 3.58. The van der Waals surface area contributed by atoms with Crippen LogP contribution < -0.4 is 5.73 Å². The first-order chi connectivity index (χ1) is 8.15. The van der Waals surface area contributed by atoms with Crippen LogP contribution in [0.3, 0.4) is 0 Å². The Morgan fingerprint density at radius 2 is 2.06 bits per heavy atom. The molecular formula is C13H27NO2S. The molecule has 0 saturated carbocycles. The molecule has 0 radical (unpaired) electrons. The van der Waals surface area contributed by atoms with Gasteiger partial charge in [-0.2, -0.15) is 11.8 Å². The summed E-state index contributed by atoms with van der Waals surface area (Å²) in [6.07, 6.45) is 7.31. The summed E-state index contributed by atoms with van der Waals surface area (Å²) >= 11 is 1.70. The van der Waals surface area contributed by atoms with Crippen molar-refractivity contribution in [1.82, 2.24) is 0 Å². The molecule has 0 amide bonds. The zero-order valence-corrected chi connectivity index (χ0v) is 12.2. The largest absolute Gasteiger partial charge is 0.464 e. The number of nitrogens with two attached hydrogens (primary N) is 1. The van der Waals surface area contributed by atoms with E-state index in [2.05, 4.69) is 13.8 Å². The summed E-state index contributed by atoms with van der Waals surface area (Å²) in [5, 5.41) is 0. The van der Waals surface area contributed by atoms with Gasteiger partial charge >= 0.3 is 5.97 Å². The Morgan fingerprint density at radius 1 is 1.35 bits per heavy atom. The number of hydrogen-bond acceptors (Lipinski definition) is 4. The van der Waals surface area contributed by atoms with Crippen LogP contribution in [0.2, 0.25) is 0 Å². The van der Waals surface area contributed by atoms with Crippen LogP contribution in [0.1, 0.15) is 46.0 Å². The second kappa shape index (κ2) is 10.9. The first-order valence-corrected chi connectivity index (χ1v) is 7.96. The van der Waals surface area contributed by atoms with Crippen molar-refractivity contribution in [2.75, 3.05) is 18.6 Å². The summed E-state index contributed by atoms with van der Waals surface area (Å²) in [5.74, 6) is 1.16. The minimum atomic E-state index is -0.453. The molecule has 1 unspecified atom stereocenters. The number of hydrogen-bond donors (Lipinski definition) is 1. The van der Waals surface area contributed by atoms with Gasteiger partial charge in [0.25, 0.3) is 0 Å². The van der Waals surface area contributed by atoms with E-state index >= 15 is 0 Å². The van der Waals surface area contributed by atoms with Gasteiger partial charge in [-0.25, -0.2) is 0 Å². The van der Waals surface area contributed by atoms with Gasteiger partial charge in [-0.15, -0.1) is 0 Å². The van der Waals surface area contributed by atoms with Crippen molar-refractivity contribution >= 4 is 17.7 Å². The lowest BCUT2D eigenvalue weighted by molar-refractivity contribution is -0.146. The number of carbonyl (C=O) groups is 1. The predicted molar refractivity (Wildman–Crippen MR) is 75.2 cm³/mol. The van der Waals surface area contributed by atoms with E-state index in [1.807, 2.05) is 6.26 Å². The highest BCUT2D eigenvalue weighted by Gasteiger charge is 2.16. The molecule has 0 aliphatic rings. The molecule has 2 atom stereocenters. The maximum absolute atomic E-state index is 11.6. The van der Waals surface area contributed by atoms with E-state index in [4.69, 9.17) is 10.5 Å². The fourth-order valence-corrected chi connectivity index (χ4v) is 2.06. The van der Waals surface area contributed by atoms with Gasteiger partial charge in [-0.1, -0.05) is 33.1 Å². The highest BCUT2D eigenvalue weighted by molar-refractivity contribution is 7.98. The Hall–Kier alpha value is -0.220. The van der Waals surface area contributed by atoms with E-state index in [1.54, 1.807) is 11.8 Å². The van der Waals surface area contributed by atoms with Gasteiger partial charge in [-0.3, -0.25) is 4.79 Å². The van der Waals surface area contributed by atoms with Crippen LogP contribution in [0.5, 0.6) is 0 Å². The van der Waals surface area contributed by atoms with Crippen molar-refractivity contribution in [3.63, 3.8) is 0 Å². The van der Waals surface area contributed by atoms with Crippen LogP contribution in [0.4, 0.5) is 0 Å². The van der Waals surface area contributed by atoms with Crippen molar-refractivity contribution in [2.24, 2.45) is 11.7 Å². The first kappa shape index (κ1) is 16.8. The number of unbranched alkanes of at least 4 members (excludes halogenated alkanes) is 1. The minimum Gasteiger partial charge on any atom is -0.464 e. The van der Waals surface area contributed by atoms with Crippen molar-refractivity contribution in [2.45, 2.75) is 52.0 Å². The molecule has 2 N–H and O–H groups in total.